The highest BCUT2D eigenvalue weighted by Crippen LogP contribution is 2.38. The third-order valence-electron chi connectivity index (χ3n) is 4.34. The molecule has 5 nitrogen and oxygen atoms in total. The van der Waals surface area contributed by atoms with E-state index in [1.54, 1.807) is 12.1 Å². The summed E-state index contributed by atoms with van der Waals surface area (Å²) in [5.41, 5.74) is 0.567. The van der Waals surface area contributed by atoms with Gasteiger partial charge in [-0.1, -0.05) is 18.1 Å². The van der Waals surface area contributed by atoms with Crippen LogP contribution in [0.4, 0.5) is 10.5 Å². The van der Waals surface area contributed by atoms with Crippen molar-refractivity contribution in [3.8, 4) is 18.1 Å². The third kappa shape index (κ3) is 4.16. The predicted octanol–water partition coefficient (Wildman–Crippen LogP) is 2.87. The second kappa shape index (κ2) is 7.82. The number of carbonyl (C=O) groups is 1. The Labute approximate surface area is 146 Å². The average molecular weight is 346 g/mol. The topological polar surface area (TPSA) is 59.6 Å². The fourth-order valence-electron chi connectivity index (χ4n) is 3.17. The van der Waals surface area contributed by atoms with Gasteiger partial charge in [-0.3, -0.25) is 0 Å². The van der Waals surface area contributed by atoms with Crippen LogP contribution in [0.25, 0.3) is 0 Å². The number of urea groups is 1. The van der Waals surface area contributed by atoms with E-state index >= 15 is 0 Å². The third-order valence-corrected chi connectivity index (χ3v) is 5.56. The van der Waals surface area contributed by atoms with Gasteiger partial charge in [-0.2, -0.15) is 11.8 Å². The van der Waals surface area contributed by atoms with Gasteiger partial charge in [0.25, 0.3) is 0 Å². The van der Waals surface area contributed by atoms with Crippen molar-refractivity contribution < 1.29 is 14.3 Å². The lowest BCUT2D eigenvalue weighted by Crippen LogP contribution is -2.49. The first-order chi connectivity index (χ1) is 11.7. The molecule has 0 aliphatic carbocycles. The molecule has 0 unspecified atom stereocenters. The molecule has 1 aromatic rings. The van der Waals surface area contributed by atoms with E-state index in [2.05, 4.69) is 16.6 Å². The fourth-order valence-corrected chi connectivity index (χ4v) is 4.55. The zero-order chi connectivity index (χ0) is 16.8. The van der Waals surface area contributed by atoms with Crippen molar-refractivity contribution >= 4 is 23.5 Å². The normalized spacial score (nSPS) is 25.9. The first-order valence-corrected chi connectivity index (χ1v) is 9.31. The molecule has 6 heteroatoms. The first kappa shape index (κ1) is 17.0. The zero-order valence-corrected chi connectivity index (χ0v) is 14.4. The number of hydrogen-bond donors (Lipinski definition) is 2. The lowest BCUT2D eigenvalue weighted by Gasteiger charge is -2.38. The van der Waals surface area contributed by atoms with Gasteiger partial charge >= 0.3 is 6.03 Å². The Morgan fingerprint density at radius 2 is 2.38 bits per heavy atom. The first-order valence-electron chi connectivity index (χ1n) is 8.15. The molecule has 0 aromatic heterocycles. The summed E-state index contributed by atoms with van der Waals surface area (Å²) in [4.78, 5) is 12.3. The molecule has 0 bridgehead atoms. The number of hydrogen-bond acceptors (Lipinski definition) is 4. The van der Waals surface area contributed by atoms with E-state index in [0.717, 1.165) is 30.8 Å². The number of amides is 2. The largest absolute Gasteiger partial charge is 0.479 e. The van der Waals surface area contributed by atoms with E-state index in [0.29, 0.717) is 18.0 Å². The number of carbonyl (C=O) groups excluding carboxylic acids is 1. The zero-order valence-electron chi connectivity index (χ0n) is 13.5. The smallest absolute Gasteiger partial charge is 0.319 e. The van der Waals surface area contributed by atoms with Gasteiger partial charge in [0.05, 0.1) is 11.3 Å². The predicted molar refractivity (Wildman–Crippen MR) is 96.6 cm³/mol. The van der Waals surface area contributed by atoms with Gasteiger partial charge in [0.1, 0.15) is 12.4 Å². The van der Waals surface area contributed by atoms with E-state index in [1.165, 1.54) is 0 Å². The number of rotatable bonds is 4. The Balaban J connectivity index is 1.57. The summed E-state index contributed by atoms with van der Waals surface area (Å²) in [6.07, 6.45) is 8.01. The summed E-state index contributed by atoms with van der Waals surface area (Å²) >= 11 is 1.93. The van der Waals surface area contributed by atoms with Crippen LogP contribution < -0.4 is 15.4 Å². The Hall–Kier alpha value is -1.84. The van der Waals surface area contributed by atoms with Gasteiger partial charge in [0.15, 0.2) is 0 Å². The summed E-state index contributed by atoms with van der Waals surface area (Å²) in [6, 6.07) is 7.18. The molecule has 2 amide bonds. The number of para-hydroxylation sites is 2. The molecule has 2 heterocycles. The molecule has 2 saturated heterocycles. The number of benzene rings is 1. The van der Waals surface area contributed by atoms with E-state index in [4.69, 9.17) is 15.9 Å². The van der Waals surface area contributed by atoms with Crippen molar-refractivity contribution in [1.82, 2.24) is 5.32 Å². The quantitative estimate of drug-likeness (QED) is 0.823. The minimum absolute atomic E-state index is 0.0469. The number of nitrogens with one attached hydrogen (secondary N) is 2. The Morgan fingerprint density at radius 3 is 3.17 bits per heavy atom. The van der Waals surface area contributed by atoms with Crippen LogP contribution in [0.3, 0.4) is 0 Å². The van der Waals surface area contributed by atoms with Crippen LogP contribution in [0, 0.1) is 12.3 Å². The lowest BCUT2D eigenvalue weighted by molar-refractivity contribution is -0.0682. The molecule has 3 rings (SSSR count). The average Bonchev–Trinajstić information content (AvgIpc) is 3.01. The van der Waals surface area contributed by atoms with Crippen molar-refractivity contribution in [2.75, 3.05) is 30.0 Å². The number of anilines is 1. The monoisotopic (exact) mass is 346 g/mol. The van der Waals surface area contributed by atoms with Crippen molar-refractivity contribution in [1.29, 1.82) is 0 Å². The van der Waals surface area contributed by atoms with Gasteiger partial charge in [-0.15, -0.1) is 6.42 Å². The minimum Gasteiger partial charge on any atom is -0.479 e. The van der Waals surface area contributed by atoms with Gasteiger partial charge < -0.3 is 20.1 Å². The van der Waals surface area contributed by atoms with Crippen LogP contribution in [0.5, 0.6) is 5.75 Å². The summed E-state index contributed by atoms with van der Waals surface area (Å²) in [5.74, 6) is 5.16. The van der Waals surface area contributed by atoms with Crippen LogP contribution in [-0.2, 0) is 4.74 Å². The van der Waals surface area contributed by atoms with Crippen LogP contribution in [0.2, 0.25) is 0 Å². The number of ether oxygens (including phenoxy) is 2. The standard InChI is InChI=1S/C18H22N2O3S/c1-2-9-22-16-6-4-3-5-15(16)20-17(21)19-14-7-10-23-18(12-14)8-11-24-13-18/h1,3-6,14H,7-13H2,(H2,19,20,21)/t14-,18-/m0/s1. The van der Waals surface area contributed by atoms with Crippen LogP contribution in [0.1, 0.15) is 19.3 Å². The maximum Gasteiger partial charge on any atom is 0.319 e. The molecule has 2 aliphatic rings. The molecule has 2 atom stereocenters. The summed E-state index contributed by atoms with van der Waals surface area (Å²) in [7, 11) is 0. The maximum atomic E-state index is 12.3. The molecule has 128 valence electrons. The van der Waals surface area contributed by atoms with Gasteiger partial charge in [-0.25, -0.2) is 4.79 Å². The molecule has 0 radical (unpaired) electrons. The maximum absolute atomic E-state index is 12.3. The molecule has 24 heavy (non-hydrogen) atoms. The SMILES string of the molecule is C#CCOc1ccccc1NC(=O)N[C@H]1CCO[C@@]2(CCSC2)C1. The molecule has 0 saturated carbocycles. The molecule has 2 fully saturated rings. The Morgan fingerprint density at radius 1 is 1.50 bits per heavy atom. The fraction of sp³-hybridized carbons (Fsp3) is 0.500. The van der Waals surface area contributed by atoms with Gasteiger partial charge in [-0.05, 0) is 37.1 Å². The van der Waals surface area contributed by atoms with E-state index < -0.39 is 0 Å². The summed E-state index contributed by atoms with van der Waals surface area (Å²) in [5, 5.41) is 5.92. The van der Waals surface area contributed by atoms with Crippen LogP contribution >= 0.6 is 11.8 Å². The highest BCUT2D eigenvalue weighted by atomic mass is 32.2. The Kier molecular flexibility index (Phi) is 5.54. The molecular weight excluding hydrogens is 324 g/mol. The Bertz CT molecular complexity index is 623. The second-order valence-electron chi connectivity index (χ2n) is 6.11. The highest BCUT2D eigenvalue weighted by molar-refractivity contribution is 7.99. The van der Waals surface area contributed by atoms with Crippen LogP contribution in [-0.4, -0.2) is 42.4 Å². The minimum atomic E-state index is -0.223. The van der Waals surface area contributed by atoms with Gasteiger partial charge in [0.2, 0.25) is 0 Å². The second-order valence-corrected chi connectivity index (χ2v) is 7.22. The molecule has 1 spiro atoms. The van der Waals surface area contributed by atoms with E-state index in [1.807, 2.05) is 23.9 Å². The molecule has 2 aliphatic heterocycles. The van der Waals surface area contributed by atoms with Crippen molar-refractivity contribution in [2.45, 2.75) is 30.9 Å². The van der Waals surface area contributed by atoms with Crippen molar-refractivity contribution in [3.63, 3.8) is 0 Å². The highest BCUT2D eigenvalue weighted by Gasteiger charge is 2.40. The number of thioether (sulfide) groups is 1. The van der Waals surface area contributed by atoms with E-state index in [-0.39, 0.29) is 24.3 Å². The number of terminal acetylenes is 1. The summed E-state index contributed by atoms with van der Waals surface area (Å²) < 4.78 is 11.4. The van der Waals surface area contributed by atoms with E-state index in [9.17, 15) is 4.79 Å². The lowest BCUT2D eigenvalue weighted by atomic mass is 9.90. The van der Waals surface area contributed by atoms with Crippen molar-refractivity contribution in [3.05, 3.63) is 24.3 Å². The van der Waals surface area contributed by atoms with Gasteiger partial charge in [0, 0.05) is 18.4 Å². The molecule has 2 N–H and O–H groups in total. The van der Waals surface area contributed by atoms with Crippen LogP contribution in [0.15, 0.2) is 24.3 Å². The molecule has 1 aromatic carbocycles. The van der Waals surface area contributed by atoms with Crippen molar-refractivity contribution in [2.24, 2.45) is 0 Å². The molecular formula is C18H22N2O3S. The summed E-state index contributed by atoms with van der Waals surface area (Å²) in [6.45, 7) is 0.869.